The summed E-state index contributed by atoms with van der Waals surface area (Å²) in [5.41, 5.74) is 0. The molecular formula is C14H26N2O3. The number of carbonyl (C=O) groups is 2. The largest absolute Gasteiger partial charge is 0.380 e. The summed E-state index contributed by atoms with van der Waals surface area (Å²) in [6, 6.07) is -0.775. The number of piperazine rings is 1. The summed E-state index contributed by atoms with van der Waals surface area (Å²) >= 11 is 0. The number of carbonyl (C=O) groups excluding carboxylic acids is 2. The van der Waals surface area contributed by atoms with Crippen LogP contribution in [0, 0.1) is 5.92 Å². The Labute approximate surface area is 115 Å². The molecule has 2 atom stereocenters. The van der Waals surface area contributed by atoms with E-state index in [9.17, 15) is 9.59 Å². The van der Waals surface area contributed by atoms with Crippen molar-refractivity contribution in [1.29, 1.82) is 0 Å². The lowest BCUT2D eigenvalue weighted by Crippen LogP contribution is -2.62. The molecule has 2 amide bonds. The fourth-order valence-electron chi connectivity index (χ4n) is 2.05. The Morgan fingerprint density at radius 2 is 2.00 bits per heavy atom. The Kier molecular flexibility index (Phi) is 6.28. The smallest absolute Gasteiger partial charge is 0.245 e. The molecule has 0 radical (unpaired) electrons. The van der Waals surface area contributed by atoms with Gasteiger partial charge in [0.1, 0.15) is 12.1 Å². The normalized spacial score (nSPS) is 23.9. The zero-order valence-electron chi connectivity index (χ0n) is 12.4. The maximum Gasteiger partial charge on any atom is 0.245 e. The molecule has 1 saturated heterocycles. The first kappa shape index (κ1) is 16.0. The zero-order valence-corrected chi connectivity index (χ0v) is 12.4. The van der Waals surface area contributed by atoms with E-state index in [1.165, 1.54) is 0 Å². The molecule has 1 fully saturated rings. The predicted octanol–water partition coefficient (Wildman–Crippen LogP) is 1.17. The van der Waals surface area contributed by atoms with Crippen molar-refractivity contribution in [3.63, 3.8) is 0 Å². The standard InChI is InChI=1S/C14H26N2O3/c1-5-12-14(18)16(11(4)13(17)15-12)7-9-19-8-6-10(2)3/h10-12H,5-9H2,1-4H3,(H,15,17). The van der Waals surface area contributed by atoms with Crippen LogP contribution < -0.4 is 5.32 Å². The van der Waals surface area contributed by atoms with Crippen molar-refractivity contribution in [2.75, 3.05) is 19.8 Å². The lowest BCUT2D eigenvalue weighted by atomic mass is 10.1. The van der Waals surface area contributed by atoms with Gasteiger partial charge in [0.05, 0.1) is 6.61 Å². The van der Waals surface area contributed by atoms with Crippen molar-refractivity contribution in [3.8, 4) is 0 Å². The highest BCUT2D eigenvalue weighted by molar-refractivity contribution is 5.96. The first-order chi connectivity index (χ1) is 8.97. The summed E-state index contributed by atoms with van der Waals surface area (Å²) in [5.74, 6) is 0.543. The first-order valence-electron chi connectivity index (χ1n) is 7.16. The maximum absolute atomic E-state index is 12.1. The van der Waals surface area contributed by atoms with Crippen LogP contribution >= 0.6 is 0 Å². The van der Waals surface area contributed by atoms with Crippen LogP contribution in [0.2, 0.25) is 0 Å². The monoisotopic (exact) mass is 270 g/mol. The van der Waals surface area contributed by atoms with Crippen molar-refractivity contribution >= 4 is 11.8 Å². The molecular weight excluding hydrogens is 244 g/mol. The third-order valence-electron chi connectivity index (χ3n) is 3.47. The highest BCUT2D eigenvalue weighted by Crippen LogP contribution is 2.11. The van der Waals surface area contributed by atoms with Crippen LogP contribution in [0.25, 0.3) is 0 Å². The molecule has 1 aliphatic heterocycles. The molecule has 0 aromatic rings. The third-order valence-corrected chi connectivity index (χ3v) is 3.47. The summed E-state index contributed by atoms with van der Waals surface area (Å²) < 4.78 is 5.52. The fourth-order valence-corrected chi connectivity index (χ4v) is 2.05. The van der Waals surface area contributed by atoms with Crippen LogP contribution in [0.3, 0.4) is 0 Å². The van der Waals surface area contributed by atoms with Gasteiger partial charge >= 0.3 is 0 Å². The van der Waals surface area contributed by atoms with Gasteiger partial charge in [0, 0.05) is 13.2 Å². The van der Waals surface area contributed by atoms with Gasteiger partial charge in [0.15, 0.2) is 0 Å². The summed E-state index contributed by atoms with van der Waals surface area (Å²) in [6.45, 7) is 9.64. The number of rotatable bonds is 7. The van der Waals surface area contributed by atoms with Crippen molar-refractivity contribution in [3.05, 3.63) is 0 Å². The van der Waals surface area contributed by atoms with Gasteiger partial charge < -0.3 is 15.0 Å². The lowest BCUT2D eigenvalue weighted by Gasteiger charge is -2.37. The van der Waals surface area contributed by atoms with Gasteiger partial charge in [-0.25, -0.2) is 0 Å². The van der Waals surface area contributed by atoms with Gasteiger partial charge in [0.25, 0.3) is 0 Å². The number of nitrogens with zero attached hydrogens (tertiary/aromatic N) is 1. The van der Waals surface area contributed by atoms with Gasteiger partial charge in [-0.15, -0.1) is 0 Å². The number of hydrogen-bond acceptors (Lipinski definition) is 3. The van der Waals surface area contributed by atoms with E-state index in [1.54, 1.807) is 11.8 Å². The zero-order chi connectivity index (χ0) is 14.4. The van der Waals surface area contributed by atoms with E-state index in [2.05, 4.69) is 19.2 Å². The lowest BCUT2D eigenvalue weighted by molar-refractivity contribution is -0.149. The number of hydrogen-bond donors (Lipinski definition) is 1. The van der Waals surface area contributed by atoms with E-state index >= 15 is 0 Å². The van der Waals surface area contributed by atoms with Crippen LogP contribution in [-0.4, -0.2) is 48.6 Å². The molecule has 5 heteroatoms. The van der Waals surface area contributed by atoms with Crippen LogP contribution in [0.15, 0.2) is 0 Å². The minimum atomic E-state index is -0.399. The SMILES string of the molecule is CCC1NC(=O)C(C)N(CCOCCC(C)C)C1=O. The molecule has 0 aliphatic carbocycles. The van der Waals surface area contributed by atoms with Crippen molar-refractivity contribution in [1.82, 2.24) is 10.2 Å². The molecule has 1 heterocycles. The molecule has 0 spiro atoms. The average molecular weight is 270 g/mol. The molecule has 0 bridgehead atoms. The summed E-state index contributed by atoms with van der Waals surface area (Å²) in [4.78, 5) is 25.5. The predicted molar refractivity (Wildman–Crippen MR) is 73.7 cm³/mol. The summed E-state index contributed by atoms with van der Waals surface area (Å²) in [6.07, 6.45) is 1.64. The third kappa shape index (κ3) is 4.49. The number of ether oxygens (including phenoxy) is 1. The van der Waals surface area contributed by atoms with E-state index in [0.717, 1.165) is 6.42 Å². The average Bonchev–Trinajstić information content (AvgIpc) is 2.36. The van der Waals surface area contributed by atoms with Gasteiger partial charge in [-0.2, -0.15) is 0 Å². The molecule has 0 aromatic heterocycles. The molecule has 110 valence electrons. The minimum absolute atomic E-state index is 0.00191. The van der Waals surface area contributed by atoms with E-state index in [0.29, 0.717) is 32.1 Å². The second-order valence-electron chi connectivity index (χ2n) is 5.47. The quantitative estimate of drug-likeness (QED) is 0.707. The number of amides is 2. The molecule has 1 aliphatic rings. The summed E-state index contributed by atoms with van der Waals surface area (Å²) in [5, 5.41) is 2.74. The van der Waals surface area contributed by atoms with Gasteiger partial charge in [-0.05, 0) is 25.7 Å². The Bertz CT molecular complexity index is 318. The minimum Gasteiger partial charge on any atom is -0.380 e. The number of nitrogens with one attached hydrogen (secondary N) is 1. The highest BCUT2D eigenvalue weighted by Gasteiger charge is 2.36. The van der Waals surface area contributed by atoms with Crippen molar-refractivity contribution in [2.24, 2.45) is 5.92 Å². The Morgan fingerprint density at radius 3 is 2.58 bits per heavy atom. The van der Waals surface area contributed by atoms with Crippen LogP contribution in [0.4, 0.5) is 0 Å². The fraction of sp³-hybridized carbons (Fsp3) is 0.857. The van der Waals surface area contributed by atoms with Gasteiger partial charge in [0.2, 0.25) is 11.8 Å². The molecule has 1 rings (SSSR count). The van der Waals surface area contributed by atoms with Gasteiger partial charge in [-0.1, -0.05) is 20.8 Å². The molecule has 1 N–H and O–H groups in total. The molecule has 2 unspecified atom stereocenters. The first-order valence-corrected chi connectivity index (χ1v) is 7.16. The van der Waals surface area contributed by atoms with Crippen LogP contribution in [0.1, 0.15) is 40.5 Å². The Balaban J connectivity index is 2.41. The van der Waals surface area contributed by atoms with E-state index in [-0.39, 0.29) is 17.9 Å². The van der Waals surface area contributed by atoms with E-state index < -0.39 is 6.04 Å². The molecule has 19 heavy (non-hydrogen) atoms. The Morgan fingerprint density at radius 1 is 1.32 bits per heavy atom. The topological polar surface area (TPSA) is 58.6 Å². The highest BCUT2D eigenvalue weighted by atomic mass is 16.5. The van der Waals surface area contributed by atoms with Gasteiger partial charge in [-0.3, -0.25) is 9.59 Å². The Hall–Kier alpha value is -1.10. The van der Waals surface area contributed by atoms with E-state index in [4.69, 9.17) is 4.74 Å². The molecule has 0 saturated carbocycles. The van der Waals surface area contributed by atoms with Crippen LogP contribution in [0.5, 0.6) is 0 Å². The second-order valence-corrected chi connectivity index (χ2v) is 5.47. The maximum atomic E-state index is 12.1. The van der Waals surface area contributed by atoms with Crippen molar-refractivity contribution in [2.45, 2.75) is 52.6 Å². The van der Waals surface area contributed by atoms with Crippen LogP contribution in [-0.2, 0) is 14.3 Å². The molecule has 5 nitrogen and oxygen atoms in total. The molecule has 0 aromatic carbocycles. The van der Waals surface area contributed by atoms with E-state index in [1.807, 2.05) is 6.92 Å². The second kappa shape index (κ2) is 7.48. The summed E-state index contributed by atoms with van der Waals surface area (Å²) in [7, 11) is 0. The van der Waals surface area contributed by atoms with Crippen molar-refractivity contribution < 1.29 is 14.3 Å².